The average Bonchev–Trinajstić information content (AvgIpc) is 2.84. The van der Waals surface area contributed by atoms with Crippen LogP contribution in [0.25, 0.3) is 0 Å². The summed E-state index contributed by atoms with van der Waals surface area (Å²) in [6.45, 7) is 0.815. The molecule has 0 fully saturated rings. The Morgan fingerprint density at radius 2 is 1.38 bits per heavy atom. The zero-order valence-electron chi connectivity index (χ0n) is 20.2. The maximum Gasteiger partial charge on any atom is 0.328 e. The van der Waals surface area contributed by atoms with E-state index in [2.05, 4.69) is 16.0 Å². The van der Waals surface area contributed by atoms with E-state index in [1.807, 2.05) is 5.32 Å². The summed E-state index contributed by atoms with van der Waals surface area (Å²) in [4.78, 5) is 61.1. The number of nitrogens with one attached hydrogen (secondary N) is 4. The fraction of sp³-hybridized carbons (Fsp3) is 0.500. The highest BCUT2D eigenvalue weighted by Gasteiger charge is 2.32. The number of carboxylic acid groups (broad SMARTS) is 1. The highest BCUT2D eigenvalue weighted by atomic mass is 16.4. The second kappa shape index (κ2) is 14.7. The summed E-state index contributed by atoms with van der Waals surface area (Å²) in [7, 11) is 0. The lowest BCUT2D eigenvalue weighted by Crippen LogP contribution is -2.60. The number of phenols is 1. The molecule has 0 spiro atoms. The van der Waals surface area contributed by atoms with Crippen molar-refractivity contribution in [2.75, 3.05) is 13.2 Å². The zero-order valence-corrected chi connectivity index (χ0v) is 20.2. The summed E-state index contributed by atoms with van der Waals surface area (Å²) in [5.41, 5.74) is 6.03. The van der Waals surface area contributed by atoms with Crippen molar-refractivity contribution in [2.45, 2.75) is 56.6 Å². The van der Waals surface area contributed by atoms with Gasteiger partial charge >= 0.3 is 5.97 Å². The van der Waals surface area contributed by atoms with Gasteiger partial charge in [0.25, 0.3) is 0 Å². The molecule has 0 saturated carbocycles. The van der Waals surface area contributed by atoms with Crippen LogP contribution in [0.4, 0.5) is 0 Å². The molecule has 206 valence electrons. The van der Waals surface area contributed by atoms with Crippen molar-refractivity contribution in [1.82, 2.24) is 21.3 Å². The molecule has 0 aromatic heterocycles. The predicted molar refractivity (Wildman–Crippen MR) is 127 cm³/mol. The van der Waals surface area contributed by atoms with Gasteiger partial charge in [-0.3, -0.25) is 19.2 Å². The van der Waals surface area contributed by atoms with Crippen LogP contribution in [-0.4, -0.2) is 105 Å². The monoisotopic (exact) mass is 527 g/mol. The molecule has 1 aromatic carbocycles. The summed E-state index contributed by atoms with van der Waals surface area (Å²) < 4.78 is 0. The molecule has 0 radical (unpaired) electrons. The Kier molecular flexibility index (Phi) is 12.4. The molecule has 0 heterocycles. The van der Waals surface area contributed by atoms with E-state index in [4.69, 9.17) is 21.1 Å². The second-order valence-corrected chi connectivity index (χ2v) is 8.26. The van der Waals surface area contributed by atoms with Gasteiger partial charge in [0.05, 0.1) is 19.3 Å². The number of carboxylic acids is 1. The normalized spacial score (nSPS) is 15.7. The van der Waals surface area contributed by atoms with E-state index in [0.29, 0.717) is 5.56 Å². The number of carbonyl (C=O) groups is 5. The van der Waals surface area contributed by atoms with E-state index >= 15 is 0 Å². The van der Waals surface area contributed by atoms with Gasteiger partial charge in [0, 0.05) is 6.42 Å². The topological polar surface area (TPSA) is 261 Å². The Morgan fingerprint density at radius 1 is 0.811 bits per heavy atom. The van der Waals surface area contributed by atoms with Gasteiger partial charge in [-0.1, -0.05) is 12.1 Å². The molecule has 0 aliphatic carbocycles. The van der Waals surface area contributed by atoms with Crippen LogP contribution in [0.15, 0.2) is 24.3 Å². The first-order valence-corrected chi connectivity index (χ1v) is 11.2. The number of phenolic OH excluding ortho intramolecular Hbond substituents is 1. The molecule has 11 N–H and O–H groups in total. The molecule has 37 heavy (non-hydrogen) atoms. The molecular weight excluding hydrogens is 494 g/mol. The molecule has 15 heteroatoms. The minimum atomic E-state index is -1.67. The van der Waals surface area contributed by atoms with E-state index in [1.54, 1.807) is 0 Å². The Hall–Kier alpha value is -3.79. The maximum atomic E-state index is 12.9. The zero-order chi connectivity index (χ0) is 28.3. The van der Waals surface area contributed by atoms with Gasteiger partial charge in [-0.25, -0.2) is 4.79 Å². The van der Waals surface area contributed by atoms with E-state index in [9.17, 15) is 34.2 Å². The van der Waals surface area contributed by atoms with Crippen molar-refractivity contribution >= 4 is 29.6 Å². The minimum Gasteiger partial charge on any atom is -0.508 e. The predicted octanol–water partition coefficient (Wildman–Crippen LogP) is -4.33. The van der Waals surface area contributed by atoms with Crippen molar-refractivity contribution < 1.29 is 49.5 Å². The Bertz CT molecular complexity index is 956. The van der Waals surface area contributed by atoms with E-state index in [0.717, 1.165) is 6.92 Å². The lowest BCUT2D eigenvalue weighted by molar-refractivity contribution is -0.144. The van der Waals surface area contributed by atoms with Crippen LogP contribution in [0.1, 0.15) is 19.4 Å². The van der Waals surface area contributed by atoms with Gasteiger partial charge in [0.15, 0.2) is 0 Å². The van der Waals surface area contributed by atoms with Gasteiger partial charge in [-0.2, -0.15) is 0 Å². The number of aliphatic hydroxyl groups is 3. The molecule has 0 bridgehead atoms. The highest BCUT2D eigenvalue weighted by Crippen LogP contribution is 2.12. The van der Waals surface area contributed by atoms with Crippen molar-refractivity contribution in [3.63, 3.8) is 0 Å². The number of rotatable bonds is 14. The quantitative estimate of drug-likeness (QED) is 0.111. The molecule has 1 rings (SSSR count). The Labute approximate surface area is 212 Å². The lowest BCUT2D eigenvalue weighted by Gasteiger charge is -2.26. The number of aromatic hydroxyl groups is 1. The van der Waals surface area contributed by atoms with Crippen LogP contribution in [0, 0.1) is 0 Å². The van der Waals surface area contributed by atoms with Crippen LogP contribution in [0.2, 0.25) is 0 Å². The molecule has 4 amide bonds. The molecule has 0 unspecified atom stereocenters. The first-order chi connectivity index (χ1) is 17.3. The first kappa shape index (κ1) is 31.2. The average molecular weight is 528 g/mol. The number of hydrogen-bond donors (Lipinski definition) is 10. The second-order valence-electron chi connectivity index (χ2n) is 8.26. The summed E-state index contributed by atoms with van der Waals surface area (Å²) in [5.74, 6) is -5.22. The van der Waals surface area contributed by atoms with E-state index in [1.165, 1.54) is 31.2 Å². The summed E-state index contributed by atoms with van der Waals surface area (Å²) in [6.07, 6.45) is -1.54. The smallest absolute Gasteiger partial charge is 0.328 e. The maximum absolute atomic E-state index is 12.9. The summed E-state index contributed by atoms with van der Waals surface area (Å²) in [6, 6.07) is -1.38. The van der Waals surface area contributed by atoms with Crippen molar-refractivity contribution in [3.8, 4) is 5.75 Å². The standard InChI is InChI=1S/C22H33N5O10/c1-10(18(32)27-17(11(2)30)21(35)26-16(9-29)22(36)37)24-20(34)15(25-19(33)14(23)8-28)7-12-3-5-13(31)6-4-12/h3-6,10-11,14-17,28-31H,7-9,23H2,1-2H3,(H,24,34)(H,25,33)(H,26,35)(H,27,32)(H,36,37)/t10-,11+,14-,15-,16-,17-/m0/s1. The van der Waals surface area contributed by atoms with Gasteiger partial charge < -0.3 is 52.5 Å². The molecule has 0 saturated heterocycles. The lowest BCUT2D eigenvalue weighted by atomic mass is 10.0. The van der Waals surface area contributed by atoms with E-state index < -0.39 is 79.1 Å². The fourth-order valence-corrected chi connectivity index (χ4v) is 2.95. The Balaban J connectivity index is 2.95. The van der Waals surface area contributed by atoms with Gasteiger partial charge in [0.1, 0.15) is 36.0 Å². The highest BCUT2D eigenvalue weighted by molar-refractivity contribution is 5.95. The first-order valence-electron chi connectivity index (χ1n) is 11.2. The number of hydrogen-bond acceptors (Lipinski definition) is 10. The Morgan fingerprint density at radius 3 is 1.86 bits per heavy atom. The van der Waals surface area contributed by atoms with Crippen LogP contribution in [0.5, 0.6) is 5.75 Å². The van der Waals surface area contributed by atoms with Gasteiger partial charge in [-0.05, 0) is 31.5 Å². The number of aliphatic hydroxyl groups excluding tert-OH is 3. The van der Waals surface area contributed by atoms with Crippen molar-refractivity contribution in [3.05, 3.63) is 29.8 Å². The minimum absolute atomic E-state index is 0.0215. The van der Waals surface area contributed by atoms with Gasteiger partial charge in [0.2, 0.25) is 23.6 Å². The molecule has 1 aromatic rings. The summed E-state index contributed by atoms with van der Waals surface area (Å²) >= 11 is 0. The third-order valence-electron chi connectivity index (χ3n) is 5.15. The number of nitrogens with two attached hydrogens (primary N) is 1. The molecule has 0 aliphatic heterocycles. The molecule has 15 nitrogen and oxygen atoms in total. The van der Waals surface area contributed by atoms with Crippen LogP contribution >= 0.6 is 0 Å². The summed E-state index contributed by atoms with van der Waals surface area (Å²) in [5, 5.41) is 55.4. The molecular formula is C22H33N5O10. The number of benzene rings is 1. The van der Waals surface area contributed by atoms with Crippen LogP contribution in [-0.2, 0) is 30.4 Å². The number of amides is 4. The van der Waals surface area contributed by atoms with Crippen molar-refractivity contribution in [1.29, 1.82) is 0 Å². The van der Waals surface area contributed by atoms with Crippen molar-refractivity contribution in [2.24, 2.45) is 5.73 Å². The third kappa shape index (κ3) is 10.0. The van der Waals surface area contributed by atoms with Crippen LogP contribution < -0.4 is 27.0 Å². The largest absolute Gasteiger partial charge is 0.508 e. The number of aliphatic carboxylic acids is 1. The fourth-order valence-electron chi connectivity index (χ4n) is 2.95. The third-order valence-corrected chi connectivity index (χ3v) is 5.15. The van der Waals surface area contributed by atoms with Gasteiger partial charge in [-0.15, -0.1) is 0 Å². The number of carbonyl (C=O) groups excluding carboxylic acids is 4. The molecule has 0 aliphatic rings. The SMILES string of the molecule is C[C@H](NC(=O)[C@H](Cc1ccc(O)cc1)NC(=O)[C@@H](N)CO)C(=O)N[C@H](C(=O)N[C@@H](CO)C(=O)O)[C@@H](C)O. The molecule has 6 atom stereocenters. The van der Waals surface area contributed by atoms with Crippen LogP contribution in [0.3, 0.4) is 0 Å². The van der Waals surface area contributed by atoms with E-state index in [-0.39, 0.29) is 12.2 Å².